The Morgan fingerprint density at radius 2 is 1.85 bits per heavy atom. The van der Waals surface area contributed by atoms with Gasteiger partial charge in [0.15, 0.2) is 15.7 Å². The Balaban J connectivity index is 0.00000191. The molecule has 0 saturated carbocycles. The molecule has 3 rings (SSSR count). The third-order valence-corrected chi connectivity index (χ3v) is 8.84. The van der Waals surface area contributed by atoms with Crippen LogP contribution in [-0.4, -0.2) is 54.9 Å². The Morgan fingerprint density at radius 3 is 2.38 bits per heavy atom. The van der Waals surface area contributed by atoms with Crippen LogP contribution in [0.4, 0.5) is 18.0 Å². The molecule has 222 valence electrons. The minimum absolute atomic E-state index is 0.0725. The van der Waals surface area contributed by atoms with Gasteiger partial charge in [-0.15, -0.1) is 0 Å². The molecule has 2 heterocycles. The van der Waals surface area contributed by atoms with Crippen LogP contribution in [-0.2, 0) is 14.6 Å². The lowest BCUT2D eigenvalue weighted by atomic mass is 9.98. The summed E-state index contributed by atoms with van der Waals surface area (Å²) in [7, 11) is -2.24. The molecular weight excluding hydrogens is 569 g/mol. The summed E-state index contributed by atoms with van der Waals surface area (Å²) in [6.45, 7) is 10.5. The normalized spacial score (nSPS) is 20.4. The smallest absolute Gasteiger partial charge is 0.413 e. The van der Waals surface area contributed by atoms with Gasteiger partial charge in [0, 0.05) is 12.6 Å². The number of hydrogen-bond donors (Lipinski definition) is 1. The average Bonchev–Trinajstić information content (AvgIpc) is 3.14. The highest BCUT2D eigenvalue weighted by molar-refractivity contribution is 7.94. The Kier molecular flexibility index (Phi) is 12.8. The Bertz CT molecular complexity index is 1330. The standard InChI is InChI=1S/C24H27ClF2N4O4S.C2H6.CH3F/c1-23(2,3)35-22(32)31-21(28-5)24(4)9-8-19(36(24,33)34)15-10-14(6-7-16(15)26)11-17(27)18-12-30-20(25)13-29-18;2*1-2/h6-7,10-13,19H,8-9H2,1-5H3,(H,28,31,32);1-2H3;1H3/b17-11-;;. The summed E-state index contributed by atoms with van der Waals surface area (Å²) in [4.78, 5) is 23.9. The van der Waals surface area contributed by atoms with E-state index in [1.54, 1.807) is 20.8 Å². The summed E-state index contributed by atoms with van der Waals surface area (Å²) < 4.78 is 70.0. The second kappa shape index (κ2) is 14.6. The number of benzene rings is 1. The summed E-state index contributed by atoms with van der Waals surface area (Å²) in [6.07, 6.45) is 2.74. The molecular formula is C27H36ClF3N4O4S. The number of sulfone groups is 1. The molecule has 0 aliphatic carbocycles. The number of aromatic nitrogens is 2. The monoisotopic (exact) mass is 604 g/mol. The van der Waals surface area contributed by atoms with Gasteiger partial charge in [-0.1, -0.05) is 31.5 Å². The number of nitrogens with one attached hydrogen (secondary N) is 1. The van der Waals surface area contributed by atoms with Crippen LogP contribution in [0.25, 0.3) is 11.9 Å². The number of amides is 1. The zero-order chi connectivity index (χ0) is 30.9. The molecule has 1 aromatic heterocycles. The molecule has 1 N–H and O–H groups in total. The van der Waals surface area contributed by atoms with Gasteiger partial charge in [-0.25, -0.2) is 32.0 Å². The predicted octanol–water partition coefficient (Wildman–Crippen LogP) is 6.91. The molecule has 1 saturated heterocycles. The highest BCUT2D eigenvalue weighted by atomic mass is 35.5. The van der Waals surface area contributed by atoms with Crippen molar-refractivity contribution in [3.63, 3.8) is 0 Å². The molecule has 40 heavy (non-hydrogen) atoms. The lowest BCUT2D eigenvalue weighted by Gasteiger charge is -2.28. The molecule has 1 aliphatic rings. The van der Waals surface area contributed by atoms with E-state index in [2.05, 4.69) is 20.3 Å². The Labute approximate surface area is 239 Å². The van der Waals surface area contributed by atoms with E-state index >= 15 is 0 Å². The lowest BCUT2D eigenvalue weighted by molar-refractivity contribution is 0.0561. The maximum absolute atomic E-state index is 14.9. The zero-order valence-electron chi connectivity index (χ0n) is 23.9. The van der Waals surface area contributed by atoms with Crippen molar-refractivity contribution in [2.24, 2.45) is 4.99 Å². The zero-order valence-corrected chi connectivity index (χ0v) is 25.4. The molecule has 13 heteroatoms. The molecule has 2 aromatic rings. The minimum atomic E-state index is -4.10. The molecule has 1 aromatic carbocycles. The van der Waals surface area contributed by atoms with Crippen LogP contribution in [0, 0.1) is 5.82 Å². The maximum atomic E-state index is 14.9. The second-order valence-corrected chi connectivity index (χ2v) is 12.4. The quantitative estimate of drug-likeness (QED) is 0.300. The fourth-order valence-electron chi connectivity index (χ4n) is 3.97. The van der Waals surface area contributed by atoms with Gasteiger partial charge in [0.1, 0.15) is 32.8 Å². The van der Waals surface area contributed by atoms with Gasteiger partial charge in [0.05, 0.1) is 24.8 Å². The fourth-order valence-corrected chi connectivity index (χ4v) is 6.46. The van der Waals surface area contributed by atoms with E-state index < -0.39 is 43.2 Å². The Hall–Kier alpha value is -2.99. The molecule has 0 spiro atoms. The third-order valence-electron chi connectivity index (χ3n) is 5.76. The van der Waals surface area contributed by atoms with Crippen LogP contribution in [0.15, 0.2) is 35.6 Å². The van der Waals surface area contributed by atoms with E-state index in [0.717, 1.165) is 18.3 Å². The topological polar surface area (TPSA) is 111 Å². The first-order chi connectivity index (χ1) is 18.7. The van der Waals surface area contributed by atoms with E-state index in [-0.39, 0.29) is 40.7 Å². The number of rotatable bonds is 4. The first-order valence-electron chi connectivity index (χ1n) is 12.4. The molecule has 0 bridgehead atoms. The Morgan fingerprint density at radius 1 is 1.23 bits per heavy atom. The molecule has 1 aliphatic heterocycles. The van der Waals surface area contributed by atoms with Crippen molar-refractivity contribution in [2.75, 3.05) is 14.2 Å². The van der Waals surface area contributed by atoms with Crippen molar-refractivity contribution in [3.05, 3.63) is 58.4 Å². The molecule has 1 fully saturated rings. The van der Waals surface area contributed by atoms with E-state index in [1.165, 1.54) is 32.3 Å². The van der Waals surface area contributed by atoms with Gasteiger partial charge in [-0.3, -0.25) is 14.7 Å². The number of ether oxygens (including phenoxy) is 1. The first kappa shape index (κ1) is 35.0. The number of halogens is 4. The summed E-state index contributed by atoms with van der Waals surface area (Å²) in [5.74, 6) is -1.59. The lowest BCUT2D eigenvalue weighted by Crippen LogP contribution is -2.51. The van der Waals surface area contributed by atoms with Crippen LogP contribution in [0.2, 0.25) is 5.15 Å². The van der Waals surface area contributed by atoms with Crippen molar-refractivity contribution in [1.82, 2.24) is 15.3 Å². The van der Waals surface area contributed by atoms with Crippen LogP contribution in [0.1, 0.15) is 76.5 Å². The number of amidine groups is 1. The second-order valence-electron chi connectivity index (χ2n) is 9.50. The largest absolute Gasteiger partial charge is 0.444 e. The third kappa shape index (κ3) is 8.26. The fraction of sp³-hybridized carbons (Fsp3) is 0.481. The number of hydrogen-bond acceptors (Lipinski definition) is 7. The molecule has 1 amide bonds. The number of alkyl carbamates (subject to hydrolysis) is 1. The number of carbonyl (C=O) groups is 1. The van der Waals surface area contributed by atoms with Gasteiger partial charge in [0.25, 0.3) is 0 Å². The first-order valence-corrected chi connectivity index (χ1v) is 14.3. The minimum Gasteiger partial charge on any atom is -0.444 e. The highest BCUT2D eigenvalue weighted by Gasteiger charge is 2.55. The van der Waals surface area contributed by atoms with E-state index in [9.17, 15) is 26.4 Å². The van der Waals surface area contributed by atoms with Gasteiger partial charge in [0.2, 0.25) is 0 Å². The summed E-state index contributed by atoms with van der Waals surface area (Å²) in [5, 5.41) is 1.31. The maximum Gasteiger partial charge on any atom is 0.413 e. The number of alkyl halides is 1. The van der Waals surface area contributed by atoms with E-state index in [0.29, 0.717) is 7.18 Å². The summed E-state index contributed by atoms with van der Waals surface area (Å²) in [5.41, 5.74) is -0.746. The van der Waals surface area contributed by atoms with Gasteiger partial charge >= 0.3 is 6.09 Å². The molecule has 2 unspecified atom stereocenters. The average molecular weight is 605 g/mol. The summed E-state index contributed by atoms with van der Waals surface area (Å²) >= 11 is 5.67. The summed E-state index contributed by atoms with van der Waals surface area (Å²) in [6, 6.07) is 3.70. The van der Waals surface area contributed by atoms with E-state index in [4.69, 9.17) is 16.3 Å². The van der Waals surface area contributed by atoms with Crippen LogP contribution < -0.4 is 5.32 Å². The van der Waals surface area contributed by atoms with Crippen molar-refractivity contribution >= 4 is 45.3 Å². The predicted molar refractivity (Wildman–Crippen MR) is 153 cm³/mol. The van der Waals surface area contributed by atoms with Gasteiger partial charge in [-0.2, -0.15) is 0 Å². The SMILES string of the molecule is CC.CF.CN=C(NC(=O)OC(C)(C)C)C1(C)CCC(c2cc(/C=C(\F)c3cnc(Cl)cn3)ccc2F)S1(=O)=O. The molecule has 2 atom stereocenters. The van der Waals surface area contributed by atoms with Crippen LogP contribution >= 0.6 is 11.6 Å². The van der Waals surface area contributed by atoms with Crippen LogP contribution in [0.5, 0.6) is 0 Å². The van der Waals surface area contributed by atoms with Crippen molar-refractivity contribution < 1.29 is 31.1 Å². The number of aliphatic imine (C=N–C) groups is 1. The van der Waals surface area contributed by atoms with Crippen molar-refractivity contribution in [2.45, 2.75) is 70.0 Å². The van der Waals surface area contributed by atoms with Gasteiger partial charge in [-0.05, 0) is 64.3 Å². The molecule has 0 radical (unpaired) electrons. The van der Waals surface area contributed by atoms with Crippen molar-refractivity contribution in [1.29, 1.82) is 0 Å². The number of nitrogens with zero attached hydrogens (tertiary/aromatic N) is 3. The highest BCUT2D eigenvalue weighted by Crippen LogP contribution is 2.47. The van der Waals surface area contributed by atoms with Gasteiger partial charge < -0.3 is 4.74 Å². The van der Waals surface area contributed by atoms with Crippen molar-refractivity contribution in [3.8, 4) is 0 Å². The van der Waals surface area contributed by atoms with E-state index in [1.807, 2.05) is 13.8 Å². The number of carbonyl (C=O) groups excluding carboxylic acids is 1. The molecule has 8 nitrogen and oxygen atoms in total. The van der Waals surface area contributed by atoms with Crippen LogP contribution in [0.3, 0.4) is 0 Å².